The lowest BCUT2D eigenvalue weighted by atomic mass is 9.89. The van der Waals surface area contributed by atoms with Crippen molar-refractivity contribution in [1.82, 2.24) is 40.1 Å². The van der Waals surface area contributed by atoms with Crippen LogP contribution in [-0.4, -0.2) is 127 Å². The maximum atomic E-state index is 12.9. The third-order valence-corrected chi connectivity index (χ3v) is 15.5. The summed E-state index contributed by atoms with van der Waals surface area (Å²) in [5.74, 6) is 4.63. The number of carboxylic acid groups (broad SMARTS) is 1. The molecule has 0 atom stereocenters. The number of likely N-dealkylation sites (tertiary alicyclic amines) is 1. The zero-order valence-corrected chi connectivity index (χ0v) is 42.8. The maximum absolute atomic E-state index is 12.9. The van der Waals surface area contributed by atoms with E-state index in [1.807, 2.05) is 36.7 Å². The molecule has 4 aliphatic carbocycles. The molecule has 73 heavy (non-hydrogen) atoms. The number of rotatable bonds is 14. The Morgan fingerprint density at radius 1 is 0.589 bits per heavy atom. The zero-order valence-electron chi connectivity index (χ0n) is 42.8. The number of anilines is 6. The molecule has 10 rings (SSSR count). The molecular weight excluding hydrogens is 929 g/mol. The minimum atomic E-state index is -0.609. The fourth-order valence-electron chi connectivity index (χ4n) is 11.2. The van der Waals surface area contributed by atoms with Gasteiger partial charge in [-0.3, -0.25) is 9.59 Å². The van der Waals surface area contributed by atoms with Gasteiger partial charge in [0.1, 0.15) is 11.6 Å². The van der Waals surface area contributed by atoms with E-state index < -0.39 is 5.97 Å². The van der Waals surface area contributed by atoms with Crippen LogP contribution in [0, 0.1) is 11.8 Å². The molecule has 396 valence electrons. The maximum Gasteiger partial charge on any atom is 0.306 e. The second-order valence-electron chi connectivity index (χ2n) is 20.6. The number of ether oxygens (including phenoxy) is 2. The van der Waals surface area contributed by atoms with E-state index in [9.17, 15) is 19.8 Å². The molecule has 19 nitrogen and oxygen atoms in total. The average molecular weight is 1010 g/mol. The number of hydrogen-bond acceptors (Lipinski definition) is 17. The number of aliphatic hydroxyl groups excluding tert-OH is 2. The van der Waals surface area contributed by atoms with E-state index in [-0.39, 0.29) is 30.1 Å². The third-order valence-electron chi connectivity index (χ3n) is 15.5. The molecular formula is C54H78N12O7. The van der Waals surface area contributed by atoms with Crippen molar-refractivity contribution in [1.29, 1.82) is 0 Å². The lowest BCUT2D eigenvalue weighted by Gasteiger charge is -2.35. The second kappa shape index (κ2) is 26.9. The number of pyridine rings is 2. The van der Waals surface area contributed by atoms with Gasteiger partial charge < -0.3 is 56.3 Å². The summed E-state index contributed by atoms with van der Waals surface area (Å²) in [5.41, 5.74) is 3.95. The number of aliphatic carboxylic acids is 1. The number of aromatic nitrogens is 6. The Labute approximate surface area is 429 Å². The SMILES string of the molecule is COc1cc(Nc2ncc(C3CCN(C(=O)C4CCCC4)CC3)c(NC3CCC(O)CC3)n2)ccn1.COc1cc(Nc2ncc(C3CCNCC3)c(NC3CCC(O)CC3)n2)ccn1.O=C(O)C1CCCC1. The van der Waals surface area contributed by atoms with Gasteiger partial charge >= 0.3 is 5.97 Å². The largest absolute Gasteiger partial charge is 0.481 e. The van der Waals surface area contributed by atoms with Crippen LogP contribution in [0.1, 0.15) is 151 Å². The molecule has 19 heteroatoms. The molecule has 2 aliphatic heterocycles. The van der Waals surface area contributed by atoms with Crippen LogP contribution in [0.5, 0.6) is 11.8 Å². The highest BCUT2D eigenvalue weighted by Crippen LogP contribution is 2.37. The van der Waals surface area contributed by atoms with Crippen molar-refractivity contribution in [3.05, 3.63) is 60.2 Å². The Bertz CT molecular complexity index is 2360. The molecule has 6 aliphatic rings. The van der Waals surface area contributed by atoms with Crippen molar-refractivity contribution in [2.24, 2.45) is 11.8 Å². The smallest absolute Gasteiger partial charge is 0.306 e. The van der Waals surface area contributed by atoms with Crippen molar-refractivity contribution < 1.29 is 34.4 Å². The van der Waals surface area contributed by atoms with E-state index >= 15 is 0 Å². The van der Waals surface area contributed by atoms with Crippen LogP contribution < -0.4 is 36.1 Å². The highest BCUT2D eigenvalue weighted by Gasteiger charge is 2.32. The van der Waals surface area contributed by atoms with Crippen LogP contribution in [0.15, 0.2) is 49.1 Å². The summed E-state index contributed by atoms with van der Waals surface area (Å²) >= 11 is 0. The van der Waals surface area contributed by atoms with Gasteiger partial charge in [0.25, 0.3) is 0 Å². The van der Waals surface area contributed by atoms with E-state index in [1.54, 1.807) is 26.6 Å². The summed E-state index contributed by atoms with van der Waals surface area (Å²) < 4.78 is 10.4. The van der Waals surface area contributed by atoms with E-state index in [0.717, 1.165) is 170 Å². The van der Waals surface area contributed by atoms with E-state index in [4.69, 9.17) is 24.5 Å². The van der Waals surface area contributed by atoms with Crippen LogP contribution in [0.3, 0.4) is 0 Å². The van der Waals surface area contributed by atoms with Crippen molar-refractivity contribution in [2.75, 3.05) is 61.7 Å². The first-order valence-electron chi connectivity index (χ1n) is 27.0. The lowest BCUT2D eigenvalue weighted by Crippen LogP contribution is -2.41. The lowest BCUT2D eigenvalue weighted by molar-refractivity contribution is -0.141. The first-order chi connectivity index (χ1) is 35.6. The highest BCUT2D eigenvalue weighted by molar-refractivity contribution is 5.79. The first kappa shape index (κ1) is 53.4. The fraction of sp³-hybridized carbons (Fsp3) is 0.630. The Hall–Kier alpha value is -5.92. The molecule has 0 aromatic carbocycles. The van der Waals surface area contributed by atoms with Crippen molar-refractivity contribution in [2.45, 2.75) is 165 Å². The summed E-state index contributed by atoms with van der Waals surface area (Å²) in [6.07, 6.45) is 26.5. The predicted molar refractivity (Wildman–Crippen MR) is 281 cm³/mol. The molecule has 0 spiro atoms. The van der Waals surface area contributed by atoms with Crippen molar-refractivity contribution in [3.63, 3.8) is 0 Å². The number of hydrogen-bond donors (Lipinski definition) is 8. The van der Waals surface area contributed by atoms with Gasteiger partial charge in [-0.15, -0.1) is 0 Å². The Balaban J connectivity index is 0.000000172. The summed E-state index contributed by atoms with van der Waals surface area (Å²) in [5, 5.41) is 45.5. The van der Waals surface area contributed by atoms with Crippen LogP contribution in [0.25, 0.3) is 0 Å². The van der Waals surface area contributed by atoms with Crippen LogP contribution in [-0.2, 0) is 9.59 Å². The minimum Gasteiger partial charge on any atom is -0.481 e. The Morgan fingerprint density at radius 2 is 1.03 bits per heavy atom. The summed E-state index contributed by atoms with van der Waals surface area (Å²) in [6, 6.07) is 7.96. The van der Waals surface area contributed by atoms with Gasteiger partial charge in [0, 0.05) is 90.5 Å². The van der Waals surface area contributed by atoms with Gasteiger partial charge in [-0.1, -0.05) is 25.7 Å². The van der Waals surface area contributed by atoms with Crippen LogP contribution in [0.4, 0.5) is 34.9 Å². The van der Waals surface area contributed by atoms with Gasteiger partial charge in [0.2, 0.25) is 29.6 Å². The number of aliphatic hydroxyl groups is 2. The molecule has 2 saturated heterocycles. The zero-order chi connectivity index (χ0) is 50.9. The topological polar surface area (TPSA) is 254 Å². The monoisotopic (exact) mass is 1010 g/mol. The molecule has 4 aromatic heterocycles. The van der Waals surface area contributed by atoms with Gasteiger partial charge in [0.15, 0.2) is 0 Å². The average Bonchev–Trinajstić information content (AvgIpc) is 4.18. The molecule has 6 fully saturated rings. The number of carbonyl (C=O) groups excluding carboxylic acids is 1. The standard InChI is InChI=1S/C27H38N6O3.C21H30N6O2.C6H10O2/c1-36-24-16-21(10-13-28-24)31-27-29-17-23(25(32-27)30-20-6-8-22(34)9-7-20)18-11-14-33(15-12-18)26(35)19-4-2-3-5-19;1-29-19-12-16(8-11-23-19)26-21-24-13-18(14-6-9-22-10-7-14)20(27-21)25-15-2-4-17(28)5-3-15;7-6(8)5-3-1-2-4-5/h10,13,16-20,22,34H,2-9,11-12,14-15H2,1H3,(H2,28,29,30,31,32);8,11-15,17,22,28H,2-7,9-10H2,1H3,(H2,23,24,25,26,27);5H,1-4H2,(H,7,8). The first-order valence-corrected chi connectivity index (χ1v) is 27.0. The Kier molecular flexibility index (Phi) is 19.6. The number of methoxy groups -OCH3 is 2. The molecule has 8 N–H and O–H groups in total. The third kappa shape index (κ3) is 15.6. The normalized spacial score (nSPS) is 23.0. The molecule has 6 heterocycles. The van der Waals surface area contributed by atoms with Gasteiger partial charge in [0.05, 0.1) is 32.3 Å². The number of carbonyl (C=O) groups is 2. The van der Waals surface area contributed by atoms with E-state index in [2.05, 4.69) is 51.4 Å². The fourth-order valence-corrected chi connectivity index (χ4v) is 11.2. The van der Waals surface area contributed by atoms with Crippen molar-refractivity contribution in [3.8, 4) is 11.8 Å². The molecule has 4 saturated carbocycles. The molecule has 4 aromatic rings. The van der Waals surface area contributed by atoms with Crippen molar-refractivity contribution >= 4 is 46.8 Å². The highest BCUT2D eigenvalue weighted by atomic mass is 16.5. The van der Waals surface area contributed by atoms with Gasteiger partial charge in [-0.05, 0) is 140 Å². The summed E-state index contributed by atoms with van der Waals surface area (Å²) in [6.45, 7) is 3.64. The van der Waals surface area contributed by atoms with Crippen LogP contribution in [0.2, 0.25) is 0 Å². The second-order valence-corrected chi connectivity index (χ2v) is 20.6. The Morgan fingerprint density at radius 3 is 1.45 bits per heavy atom. The molecule has 1 amide bonds. The quantitative estimate of drug-likeness (QED) is 0.0591. The van der Waals surface area contributed by atoms with E-state index in [0.29, 0.717) is 47.4 Å². The summed E-state index contributed by atoms with van der Waals surface area (Å²) in [7, 11) is 3.19. The molecule has 0 bridgehead atoms. The minimum absolute atomic E-state index is 0.0185. The number of nitrogens with one attached hydrogen (secondary N) is 5. The summed E-state index contributed by atoms with van der Waals surface area (Å²) in [4.78, 5) is 52.4. The predicted octanol–water partition coefficient (Wildman–Crippen LogP) is 8.30. The van der Waals surface area contributed by atoms with E-state index in [1.165, 1.54) is 18.4 Å². The van der Waals surface area contributed by atoms with Crippen LogP contribution >= 0.6 is 0 Å². The van der Waals surface area contributed by atoms with Gasteiger partial charge in [-0.2, -0.15) is 9.97 Å². The molecule has 0 radical (unpaired) electrons. The number of piperidine rings is 2. The van der Waals surface area contributed by atoms with Gasteiger partial charge in [-0.25, -0.2) is 19.9 Å². The number of amides is 1. The number of carboxylic acids is 1. The molecule has 0 unspecified atom stereocenters. The number of nitrogens with zero attached hydrogens (tertiary/aromatic N) is 7.